The van der Waals surface area contributed by atoms with Crippen LogP contribution in [0.15, 0.2) is 18.3 Å². The summed E-state index contributed by atoms with van der Waals surface area (Å²) in [5.41, 5.74) is 3.87. The van der Waals surface area contributed by atoms with E-state index < -0.39 is 29.7 Å². The molecule has 2 aromatic heterocycles. The number of hydrogen-bond donors (Lipinski definition) is 1. The van der Waals surface area contributed by atoms with Crippen molar-refractivity contribution in [2.24, 2.45) is 5.41 Å². The maximum absolute atomic E-state index is 13.1. The van der Waals surface area contributed by atoms with Gasteiger partial charge in [0.25, 0.3) is 0 Å². The van der Waals surface area contributed by atoms with Crippen LogP contribution in [0.1, 0.15) is 125 Å². The van der Waals surface area contributed by atoms with Gasteiger partial charge in [-0.3, -0.25) is 9.97 Å². The van der Waals surface area contributed by atoms with Crippen molar-refractivity contribution in [1.29, 1.82) is 0 Å². The molecule has 4 nitrogen and oxygen atoms in total. The van der Waals surface area contributed by atoms with Gasteiger partial charge in [0.2, 0.25) is 0 Å². The van der Waals surface area contributed by atoms with E-state index in [1.54, 1.807) is 0 Å². The summed E-state index contributed by atoms with van der Waals surface area (Å²) in [6.45, 7) is 8.48. The zero-order valence-corrected chi connectivity index (χ0v) is 19.6. The molecule has 1 fully saturated rings. The van der Waals surface area contributed by atoms with Crippen molar-refractivity contribution in [1.82, 2.24) is 9.97 Å². The number of aliphatic hydroxyl groups excluding tert-OH is 1. The monoisotopic (exact) mass is 476 g/mol. The molecule has 0 unspecified atom stereocenters. The molecule has 0 bridgehead atoms. The Morgan fingerprint density at radius 1 is 1.12 bits per heavy atom. The van der Waals surface area contributed by atoms with Crippen LogP contribution in [0.2, 0.25) is 0 Å². The first-order valence-corrected chi connectivity index (χ1v) is 11.9. The lowest BCUT2D eigenvalue weighted by Gasteiger charge is -2.38. The second kappa shape index (κ2) is 8.30. The number of ether oxygens (including phenoxy) is 1. The van der Waals surface area contributed by atoms with E-state index in [1.807, 2.05) is 0 Å². The molecule has 1 N–H and O–H groups in total. The second-order valence-electron chi connectivity index (χ2n) is 11.0. The van der Waals surface area contributed by atoms with Gasteiger partial charge in [-0.1, -0.05) is 54.0 Å². The molecular weight excluding hydrogens is 441 g/mol. The van der Waals surface area contributed by atoms with Gasteiger partial charge in [-0.15, -0.1) is 0 Å². The zero-order chi connectivity index (χ0) is 23.8. The molecular formula is C27H35F3N2O2. The van der Waals surface area contributed by atoms with Crippen molar-refractivity contribution in [3.05, 3.63) is 57.7 Å². The lowest BCUT2D eigenvalue weighted by atomic mass is 9.70. The molecule has 34 heavy (non-hydrogen) atoms. The van der Waals surface area contributed by atoms with E-state index in [2.05, 4.69) is 32.7 Å². The maximum Gasteiger partial charge on any atom is 0.433 e. The maximum atomic E-state index is 13.1. The lowest BCUT2D eigenvalue weighted by Crippen LogP contribution is -2.32. The number of pyridine rings is 2. The van der Waals surface area contributed by atoms with E-state index in [1.165, 1.54) is 12.3 Å². The van der Waals surface area contributed by atoms with Crippen molar-refractivity contribution in [2.45, 2.75) is 104 Å². The fourth-order valence-corrected chi connectivity index (χ4v) is 6.14. The van der Waals surface area contributed by atoms with E-state index >= 15 is 0 Å². The predicted molar refractivity (Wildman–Crippen MR) is 124 cm³/mol. The average molecular weight is 477 g/mol. The molecule has 0 amide bonds. The highest BCUT2D eigenvalue weighted by Crippen LogP contribution is 2.59. The summed E-state index contributed by atoms with van der Waals surface area (Å²) in [5.74, 6) is 0.108. The summed E-state index contributed by atoms with van der Waals surface area (Å²) in [6, 6.07) is 2.50. The number of hydrogen-bond acceptors (Lipinski definition) is 4. The minimum absolute atomic E-state index is 0. The van der Waals surface area contributed by atoms with Gasteiger partial charge in [0.05, 0.1) is 11.7 Å². The lowest BCUT2D eigenvalue weighted by molar-refractivity contribution is -0.141. The van der Waals surface area contributed by atoms with Gasteiger partial charge < -0.3 is 9.84 Å². The number of nitrogens with zero attached hydrogens (tertiary/aromatic N) is 2. The van der Waals surface area contributed by atoms with Crippen molar-refractivity contribution >= 4 is 0 Å². The highest BCUT2D eigenvalue weighted by molar-refractivity contribution is 5.54. The molecule has 1 aliphatic heterocycles. The Kier molecular flexibility index (Phi) is 6.13. The number of aliphatic hydroxyl groups is 1. The van der Waals surface area contributed by atoms with Crippen molar-refractivity contribution in [2.75, 3.05) is 0 Å². The first-order valence-electron chi connectivity index (χ1n) is 11.9. The summed E-state index contributed by atoms with van der Waals surface area (Å²) in [7, 11) is 0. The third kappa shape index (κ3) is 3.95. The Labute approximate surface area is 200 Å². The molecule has 0 aromatic carbocycles. The number of aromatic nitrogens is 2. The van der Waals surface area contributed by atoms with Gasteiger partial charge in [0.1, 0.15) is 11.8 Å². The molecule has 3 heterocycles. The van der Waals surface area contributed by atoms with Crippen LogP contribution in [0.4, 0.5) is 13.2 Å². The Morgan fingerprint density at radius 2 is 1.79 bits per heavy atom. The molecule has 2 aromatic rings. The molecule has 2 aliphatic carbocycles. The fraction of sp³-hybridized carbons (Fsp3) is 0.630. The SMILES string of the molecule is C.CC(C)c1nc2c(c3c1[C@@H](c1ccc(C(F)(F)F)nc1)OC31CCCC1)[C@@H](O)CC(C)(C)C2. The topological polar surface area (TPSA) is 55.2 Å². The van der Waals surface area contributed by atoms with Gasteiger partial charge in [-0.2, -0.15) is 13.2 Å². The highest BCUT2D eigenvalue weighted by atomic mass is 19.4. The van der Waals surface area contributed by atoms with Gasteiger partial charge >= 0.3 is 6.18 Å². The van der Waals surface area contributed by atoms with E-state index in [0.717, 1.165) is 66.2 Å². The summed E-state index contributed by atoms with van der Waals surface area (Å²) < 4.78 is 46.1. The van der Waals surface area contributed by atoms with Crippen molar-refractivity contribution in [3.8, 4) is 0 Å². The minimum Gasteiger partial charge on any atom is -0.388 e. The molecule has 0 saturated heterocycles. The number of fused-ring (bicyclic) bond motifs is 4. The van der Waals surface area contributed by atoms with E-state index in [4.69, 9.17) is 9.72 Å². The number of halogens is 3. The van der Waals surface area contributed by atoms with Crippen LogP contribution in [0.5, 0.6) is 0 Å². The second-order valence-corrected chi connectivity index (χ2v) is 11.0. The van der Waals surface area contributed by atoms with Crippen LogP contribution in [0.25, 0.3) is 0 Å². The summed E-state index contributed by atoms with van der Waals surface area (Å²) >= 11 is 0. The molecule has 3 aliphatic rings. The molecule has 0 radical (unpaired) electrons. The van der Waals surface area contributed by atoms with Gasteiger partial charge in [-0.05, 0) is 48.6 Å². The fourth-order valence-electron chi connectivity index (χ4n) is 6.14. The molecule has 1 saturated carbocycles. The molecule has 2 atom stereocenters. The van der Waals surface area contributed by atoms with Crippen LogP contribution in [-0.2, 0) is 22.9 Å². The summed E-state index contributed by atoms with van der Waals surface area (Å²) in [6.07, 6.45) is 0.798. The van der Waals surface area contributed by atoms with Crippen molar-refractivity contribution < 1.29 is 23.0 Å². The number of rotatable bonds is 2. The molecule has 1 spiro atoms. The van der Waals surface area contributed by atoms with Crippen LogP contribution in [-0.4, -0.2) is 15.1 Å². The minimum atomic E-state index is -4.49. The number of alkyl halides is 3. The largest absolute Gasteiger partial charge is 0.433 e. The summed E-state index contributed by atoms with van der Waals surface area (Å²) in [5, 5.41) is 11.3. The van der Waals surface area contributed by atoms with Crippen LogP contribution in [0, 0.1) is 5.41 Å². The van der Waals surface area contributed by atoms with E-state index in [0.29, 0.717) is 12.0 Å². The average Bonchev–Trinajstić information content (AvgIpc) is 3.31. The Balaban J connectivity index is 0.00000274. The quantitative estimate of drug-likeness (QED) is 0.500. The van der Waals surface area contributed by atoms with Crippen LogP contribution >= 0.6 is 0 Å². The van der Waals surface area contributed by atoms with Crippen LogP contribution in [0.3, 0.4) is 0 Å². The first kappa shape index (κ1) is 25.1. The smallest absolute Gasteiger partial charge is 0.388 e. The standard InChI is InChI=1S/C26H31F3N2O2.CH4/c1-14(2)22-20-21(19-16(31-22)11-24(3,4)12-17(19)32)25(9-5-6-10-25)33-23(20)15-7-8-18(30-13-15)26(27,28)29;/h7-8,13-14,17,23,32H,5-6,9-12H2,1-4H3;1H4/t17-,23+;/m0./s1. The summed E-state index contributed by atoms with van der Waals surface area (Å²) in [4.78, 5) is 8.78. The Hall–Kier alpha value is -1.99. The van der Waals surface area contributed by atoms with E-state index in [-0.39, 0.29) is 18.8 Å². The Morgan fingerprint density at radius 3 is 2.35 bits per heavy atom. The molecule has 186 valence electrons. The zero-order valence-electron chi connectivity index (χ0n) is 19.6. The third-order valence-electron chi connectivity index (χ3n) is 7.50. The van der Waals surface area contributed by atoms with Gasteiger partial charge in [0.15, 0.2) is 0 Å². The molecule has 5 rings (SSSR count). The van der Waals surface area contributed by atoms with Gasteiger partial charge in [0, 0.05) is 34.3 Å². The normalized spacial score (nSPS) is 24.7. The van der Waals surface area contributed by atoms with Crippen LogP contribution < -0.4 is 0 Å². The van der Waals surface area contributed by atoms with Gasteiger partial charge in [-0.25, -0.2) is 0 Å². The highest BCUT2D eigenvalue weighted by Gasteiger charge is 2.52. The first-order chi connectivity index (χ1) is 15.4. The predicted octanol–water partition coefficient (Wildman–Crippen LogP) is 7.15. The van der Waals surface area contributed by atoms with E-state index in [9.17, 15) is 18.3 Å². The van der Waals surface area contributed by atoms with Crippen molar-refractivity contribution in [3.63, 3.8) is 0 Å². The third-order valence-corrected chi connectivity index (χ3v) is 7.50. The Bertz CT molecular complexity index is 1070. The molecule has 7 heteroatoms.